The highest BCUT2D eigenvalue weighted by atomic mass is 32.1. The third kappa shape index (κ3) is 6.00. The molecule has 1 aromatic rings. The minimum Gasteiger partial charge on any atom is -0.480 e. The Balaban J connectivity index is 2.22. The van der Waals surface area contributed by atoms with Crippen LogP contribution in [0.5, 0.6) is 0 Å². The summed E-state index contributed by atoms with van der Waals surface area (Å²) in [6.07, 6.45) is 1.05. The van der Waals surface area contributed by atoms with Gasteiger partial charge in [0, 0.05) is 18.5 Å². The molecule has 1 rings (SSSR count). The Labute approximate surface area is 117 Å². The first-order valence-corrected chi connectivity index (χ1v) is 7.14. The van der Waals surface area contributed by atoms with Crippen molar-refractivity contribution in [3.63, 3.8) is 0 Å². The Kier molecular flexibility index (Phi) is 6.75. The van der Waals surface area contributed by atoms with Gasteiger partial charge in [-0.25, -0.2) is 4.98 Å². The third-order valence-electron chi connectivity index (χ3n) is 2.47. The largest absolute Gasteiger partial charge is 0.480 e. The van der Waals surface area contributed by atoms with Gasteiger partial charge in [-0.15, -0.1) is 11.3 Å². The van der Waals surface area contributed by atoms with Crippen molar-refractivity contribution < 1.29 is 14.6 Å². The van der Waals surface area contributed by atoms with E-state index in [1.807, 2.05) is 0 Å². The second-order valence-electron chi connectivity index (χ2n) is 4.62. The zero-order valence-electron chi connectivity index (χ0n) is 11.3. The van der Waals surface area contributed by atoms with E-state index in [-0.39, 0.29) is 0 Å². The number of ether oxygens (including phenoxy) is 1. The Morgan fingerprint density at radius 2 is 2.32 bits per heavy atom. The molecule has 1 atom stereocenters. The van der Waals surface area contributed by atoms with Gasteiger partial charge >= 0.3 is 5.97 Å². The molecule has 0 aliphatic rings. The van der Waals surface area contributed by atoms with Gasteiger partial charge in [0.2, 0.25) is 0 Å². The molecule has 0 bridgehead atoms. The smallest absolute Gasteiger partial charge is 0.326 e. The van der Waals surface area contributed by atoms with Crippen molar-refractivity contribution in [3.05, 3.63) is 11.1 Å². The third-order valence-corrected chi connectivity index (χ3v) is 3.29. The Morgan fingerprint density at radius 1 is 1.58 bits per heavy atom. The Morgan fingerprint density at radius 3 is 2.95 bits per heavy atom. The van der Waals surface area contributed by atoms with Crippen molar-refractivity contribution in [2.75, 3.05) is 25.1 Å². The molecule has 0 radical (unpaired) electrons. The van der Waals surface area contributed by atoms with Gasteiger partial charge in [-0.3, -0.25) is 4.79 Å². The summed E-state index contributed by atoms with van der Waals surface area (Å²) in [7, 11) is 0. The van der Waals surface area contributed by atoms with Gasteiger partial charge in [-0.1, -0.05) is 13.8 Å². The zero-order valence-corrected chi connectivity index (χ0v) is 12.1. The van der Waals surface area contributed by atoms with Crippen molar-refractivity contribution in [1.82, 2.24) is 4.98 Å². The lowest BCUT2D eigenvalue weighted by Crippen LogP contribution is -2.21. The number of nitrogens with one attached hydrogen (secondary N) is 1. The van der Waals surface area contributed by atoms with Gasteiger partial charge < -0.3 is 20.9 Å². The van der Waals surface area contributed by atoms with Crippen LogP contribution in [0.4, 0.5) is 5.13 Å². The van der Waals surface area contributed by atoms with Crippen molar-refractivity contribution in [2.45, 2.75) is 26.3 Å². The first-order valence-electron chi connectivity index (χ1n) is 6.26. The standard InChI is InChI=1S/C12H21N3O3S/c1-8(2)3-5-18-6-4-14-12-15-9(7-19-12)10(13)11(16)17/h7-8,10H,3-6,13H2,1-2H3,(H,14,15)(H,16,17). The molecule has 0 aliphatic heterocycles. The number of nitrogens with two attached hydrogens (primary N) is 1. The number of anilines is 1. The molecule has 0 aromatic carbocycles. The fraction of sp³-hybridized carbons (Fsp3) is 0.667. The number of hydrogen-bond donors (Lipinski definition) is 3. The summed E-state index contributed by atoms with van der Waals surface area (Å²) >= 11 is 1.34. The van der Waals surface area contributed by atoms with Crippen LogP contribution in [0.25, 0.3) is 0 Å². The van der Waals surface area contributed by atoms with E-state index in [4.69, 9.17) is 15.6 Å². The molecule has 6 nitrogen and oxygen atoms in total. The van der Waals surface area contributed by atoms with Crippen molar-refractivity contribution in [1.29, 1.82) is 0 Å². The van der Waals surface area contributed by atoms with Gasteiger partial charge in [0.15, 0.2) is 5.13 Å². The average Bonchev–Trinajstić information content (AvgIpc) is 2.80. The number of aliphatic carboxylic acids is 1. The van der Waals surface area contributed by atoms with Crippen LogP contribution >= 0.6 is 11.3 Å². The van der Waals surface area contributed by atoms with E-state index in [1.165, 1.54) is 11.3 Å². The first-order chi connectivity index (χ1) is 9.00. The van der Waals surface area contributed by atoms with Crippen LogP contribution in [0.2, 0.25) is 0 Å². The minimum absolute atomic E-state index is 0.376. The second kappa shape index (κ2) is 8.08. The monoisotopic (exact) mass is 287 g/mol. The average molecular weight is 287 g/mol. The summed E-state index contributed by atoms with van der Waals surface area (Å²) in [5.41, 5.74) is 5.84. The molecule has 7 heteroatoms. The van der Waals surface area contributed by atoms with E-state index < -0.39 is 12.0 Å². The number of nitrogens with zero attached hydrogens (tertiary/aromatic N) is 1. The molecule has 0 saturated carbocycles. The van der Waals surface area contributed by atoms with E-state index in [0.29, 0.717) is 29.9 Å². The molecule has 19 heavy (non-hydrogen) atoms. The normalized spacial score (nSPS) is 12.6. The molecular formula is C12H21N3O3S. The van der Waals surface area contributed by atoms with Crippen LogP contribution < -0.4 is 11.1 Å². The fourth-order valence-corrected chi connectivity index (χ4v) is 2.06. The van der Waals surface area contributed by atoms with E-state index >= 15 is 0 Å². The molecule has 0 fully saturated rings. The molecule has 0 aliphatic carbocycles. The lowest BCUT2D eigenvalue weighted by atomic mass is 10.1. The molecule has 108 valence electrons. The van der Waals surface area contributed by atoms with Gasteiger partial charge in [0.1, 0.15) is 6.04 Å². The van der Waals surface area contributed by atoms with E-state index in [0.717, 1.165) is 13.0 Å². The predicted octanol–water partition coefficient (Wildman–Crippen LogP) is 1.70. The second-order valence-corrected chi connectivity index (χ2v) is 5.47. The SMILES string of the molecule is CC(C)CCOCCNc1nc(C(N)C(=O)O)cs1. The van der Waals surface area contributed by atoms with Gasteiger partial charge in [0.25, 0.3) is 0 Å². The fourth-order valence-electron chi connectivity index (χ4n) is 1.29. The summed E-state index contributed by atoms with van der Waals surface area (Å²) in [5, 5.41) is 14.2. The number of carbonyl (C=O) groups is 1. The van der Waals surface area contributed by atoms with Gasteiger partial charge in [0.05, 0.1) is 12.3 Å². The number of rotatable bonds is 9. The van der Waals surface area contributed by atoms with Crippen LogP contribution in [-0.4, -0.2) is 35.8 Å². The summed E-state index contributed by atoms with van der Waals surface area (Å²) in [4.78, 5) is 14.8. The number of carboxylic acid groups (broad SMARTS) is 1. The summed E-state index contributed by atoms with van der Waals surface area (Å²) in [6, 6.07) is -1.06. The molecule has 0 saturated heterocycles. The van der Waals surface area contributed by atoms with Crippen LogP contribution in [-0.2, 0) is 9.53 Å². The highest BCUT2D eigenvalue weighted by Gasteiger charge is 2.17. The zero-order chi connectivity index (χ0) is 14.3. The van der Waals surface area contributed by atoms with E-state index in [9.17, 15) is 4.79 Å². The number of thiazole rings is 1. The van der Waals surface area contributed by atoms with Crippen LogP contribution in [0.15, 0.2) is 5.38 Å². The molecular weight excluding hydrogens is 266 g/mol. The number of aromatic nitrogens is 1. The quantitative estimate of drug-likeness (QED) is 0.598. The number of carboxylic acids is 1. The van der Waals surface area contributed by atoms with Gasteiger partial charge in [-0.05, 0) is 12.3 Å². The molecule has 1 unspecified atom stereocenters. The predicted molar refractivity (Wildman–Crippen MR) is 75.4 cm³/mol. The molecule has 4 N–H and O–H groups in total. The minimum atomic E-state index is -1.08. The Bertz CT molecular complexity index is 395. The summed E-state index contributed by atoms with van der Waals surface area (Å²) in [5.74, 6) is -0.430. The van der Waals surface area contributed by atoms with E-state index in [2.05, 4.69) is 24.1 Å². The van der Waals surface area contributed by atoms with Crippen molar-refractivity contribution in [2.24, 2.45) is 11.7 Å². The van der Waals surface area contributed by atoms with Gasteiger partial charge in [-0.2, -0.15) is 0 Å². The molecule has 0 amide bonds. The van der Waals surface area contributed by atoms with Crippen molar-refractivity contribution in [3.8, 4) is 0 Å². The van der Waals surface area contributed by atoms with Crippen LogP contribution in [0, 0.1) is 5.92 Å². The summed E-state index contributed by atoms with van der Waals surface area (Å²) in [6.45, 7) is 6.32. The van der Waals surface area contributed by atoms with Crippen molar-refractivity contribution >= 4 is 22.4 Å². The number of hydrogen-bond acceptors (Lipinski definition) is 6. The topological polar surface area (TPSA) is 97.5 Å². The molecule has 1 aromatic heterocycles. The first kappa shape index (κ1) is 15.9. The summed E-state index contributed by atoms with van der Waals surface area (Å²) < 4.78 is 5.45. The lowest BCUT2D eigenvalue weighted by molar-refractivity contribution is -0.138. The lowest BCUT2D eigenvalue weighted by Gasteiger charge is -2.06. The van der Waals surface area contributed by atoms with Crippen LogP contribution in [0.1, 0.15) is 32.0 Å². The highest BCUT2D eigenvalue weighted by Crippen LogP contribution is 2.19. The molecule has 0 spiro atoms. The van der Waals surface area contributed by atoms with E-state index in [1.54, 1.807) is 5.38 Å². The Hall–Kier alpha value is -1.18. The maximum Gasteiger partial charge on any atom is 0.326 e. The maximum absolute atomic E-state index is 10.7. The maximum atomic E-state index is 10.7. The molecule has 1 heterocycles. The van der Waals surface area contributed by atoms with Crippen LogP contribution in [0.3, 0.4) is 0 Å². The highest BCUT2D eigenvalue weighted by molar-refractivity contribution is 7.13.